The van der Waals surface area contributed by atoms with Gasteiger partial charge in [-0.3, -0.25) is 0 Å². The molecule has 0 radical (unpaired) electrons. The van der Waals surface area contributed by atoms with Gasteiger partial charge in [0.25, 0.3) is 0 Å². The number of carbonyl (C=O) groups excluding carboxylic acids is 1. The average Bonchev–Trinajstić information content (AvgIpc) is 2.75. The highest BCUT2D eigenvalue weighted by Crippen LogP contribution is 2.50. The van der Waals surface area contributed by atoms with Crippen molar-refractivity contribution < 1.29 is 14.6 Å². The molecule has 0 saturated carbocycles. The summed E-state index contributed by atoms with van der Waals surface area (Å²) in [4.78, 5) is 9.00. The third kappa shape index (κ3) is 2.26. The molecule has 0 bridgehead atoms. The Morgan fingerprint density at radius 3 is 2.46 bits per heavy atom. The third-order valence-electron chi connectivity index (χ3n) is 1.51. The Labute approximate surface area is 74.9 Å². The van der Waals surface area contributed by atoms with E-state index in [1.54, 1.807) is 12.1 Å². The predicted octanol–water partition coefficient (Wildman–Crippen LogP) is 0.830. The van der Waals surface area contributed by atoms with E-state index in [1.807, 2.05) is 6.92 Å². The molecule has 0 aliphatic carbocycles. The van der Waals surface area contributed by atoms with Crippen molar-refractivity contribution in [2.24, 2.45) is 11.5 Å². The average molecular weight is 182 g/mol. The molecule has 2 rings (SSSR count). The first kappa shape index (κ1) is 9.18. The van der Waals surface area contributed by atoms with Gasteiger partial charge in [-0.25, -0.2) is 4.79 Å². The summed E-state index contributed by atoms with van der Waals surface area (Å²) in [7, 11) is 0. The smallest absolute Gasteiger partial charge is 0.309 e. The Morgan fingerprint density at radius 1 is 1.46 bits per heavy atom. The van der Waals surface area contributed by atoms with Gasteiger partial charge in [-0.1, -0.05) is 0 Å². The molecule has 5 N–H and O–H groups in total. The lowest BCUT2D eigenvalue weighted by molar-refractivity contribution is 0.256. The molecule has 5 nitrogen and oxygen atoms in total. The van der Waals surface area contributed by atoms with E-state index in [0.717, 1.165) is 17.1 Å². The molecule has 0 atom stereocenters. The fourth-order valence-electron chi connectivity index (χ4n) is 0.851. The second kappa shape index (κ2) is 3.22. The topological polar surface area (TPSA) is 102 Å². The lowest BCUT2D eigenvalue weighted by atomic mass is 10.2. The maximum absolute atomic E-state index is 9.05. The van der Waals surface area contributed by atoms with Crippen molar-refractivity contribution >= 4 is 6.03 Å². The molecule has 0 aromatic heterocycles. The number of aromatic hydroxyl groups is 1. The van der Waals surface area contributed by atoms with E-state index in [-0.39, 0.29) is 0 Å². The van der Waals surface area contributed by atoms with Crippen LogP contribution in [0.3, 0.4) is 0 Å². The fourth-order valence-corrected chi connectivity index (χ4v) is 0.851. The molecular weight excluding hydrogens is 172 g/mol. The molecule has 0 fully saturated rings. The van der Waals surface area contributed by atoms with Crippen LogP contribution in [0.15, 0.2) is 12.1 Å². The van der Waals surface area contributed by atoms with Crippen molar-refractivity contribution in [1.29, 1.82) is 0 Å². The van der Waals surface area contributed by atoms with E-state index in [4.69, 9.17) is 14.6 Å². The van der Waals surface area contributed by atoms with E-state index in [0.29, 0.717) is 5.75 Å². The normalized spacial score (nSPS) is 10.2. The molecule has 0 saturated heterocycles. The number of rotatable bonds is 0. The standard InChI is InChI=1S/C7H6O2.CH4N2O/c1-4-5(8)2-3-6-7(4)9-6;2-1(3)4/h2-3,8H,1H3;(H4,2,3,4). The summed E-state index contributed by atoms with van der Waals surface area (Å²) in [6, 6.07) is 2.57. The number of phenolic OH excluding ortho intramolecular Hbond substituents is 1. The van der Waals surface area contributed by atoms with Crippen molar-refractivity contribution in [3.63, 3.8) is 0 Å². The molecule has 13 heavy (non-hydrogen) atoms. The van der Waals surface area contributed by atoms with Gasteiger partial charge < -0.3 is 21.3 Å². The molecule has 2 amide bonds. The zero-order valence-corrected chi connectivity index (χ0v) is 7.07. The first-order valence-electron chi connectivity index (χ1n) is 3.57. The fraction of sp³-hybridized carbons (Fsp3) is 0.125. The van der Waals surface area contributed by atoms with Gasteiger partial charge in [0.2, 0.25) is 0 Å². The molecular formula is C8H10N2O3. The minimum Gasteiger partial charge on any atom is -0.508 e. The van der Waals surface area contributed by atoms with E-state index in [1.165, 1.54) is 0 Å². The van der Waals surface area contributed by atoms with Crippen LogP contribution in [0, 0.1) is 6.92 Å². The maximum Gasteiger partial charge on any atom is 0.309 e. The second-order valence-corrected chi connectivity index (χ2v) is 2.54. The van der Waals surface area contributed by atoms with Crippen molar-refractivity contribution in [3.05, 3.63) is 17.7 Å². The Bertz CT molecular complexity index is 342. The summed E-state index contributed by atoms with van der Waals surface area (Å²) in [6.07, 6.45) is 0. The van der Waals surface area contributed by atoms with Crippen LogP contribution in [0.4, 0.5) is 4.79 Å². The van der Waals surface area contributed by atoms with Gasteiger partial charge in [0.05, 0.1) is 0 Å². The zero-order chi connectivity index (χ0) is 10.0. The van der Waals surface area contributed by atoms with Crippen LogP contribution in [-0.4, -0.2) is 11.1 Å². The Kier molecular flexibility index (Phi) is 2.27. The van der Waals surface area contributed by atoms with Gasteiger partial charge in [0.1, 0.15) is 5.75 Å². The van der Waals surface area contributed by atoms with Crippen LogP contribution in [-0.2, 0) is 0 Å². The highest BCUT2D eigenvalue weighted by atomic mass is 16.6. The van der Waals surface area contributed by atoms with Gasteiger partial charge in [0.15, 0.2) is 11.5 Å². The van der Waals surface area contributed by atoms with Crippen LogP contribution in [0.1, 0.15) is 5.56 Å². The summed E-state index contributed by atoms with van der Waals surface area (Å²) >= 11 is 0. The number of urea groups is 1. The lowest BCUT2D eigenvalue weighted by Crippen LogP contribution is -2.18. The highest BCUT2D eigenvalue weighted by Gasteiger charge is 2.23. The first-order chi connectivity index (χ1) is 6.02. The highest BCUT2D eigenvalue weighted by molar-refractivity contribution is 5.69. The summed E-state index contributed by atoms with van der Waals surface area (Å²) in [5.41, 5.74) is 9.34. The third-order valence-corrected chi connectivity index (χ3v) is 1.51. The molecule has 1 aliphatic rings. The summed E-state index contributed by atoms with van der Waals surface area (Å²) in [5.74, 6) is 2.05. The minimum atomic E-state index is -0.833. The van der Waals surface area contributed by atoms with E-state index < -0.39 is 6.03 Å². The molecule has 1 aromatic carbocycles. The van der Waals surface area contributed by atoms with E-state index in [9.17, 15) is 0 Å². The molecule has 0 spiro atoms. The molecule has 1 aliphatic heterocycles. The van der Waals surface area contributed by atoms with Crippen LogP contribution >= 0.6 is 0 Å². The lowest BCUT2D eigenvalue weighted by Gasteiger charge is -1.88. The number of phenols is 1. The van der Waals surface area contributed by atoms with Gasteiger partial charge >= 0.3 is 6.03 Å². The second-order valence-electron chi connectivity index (χ2n) is 2.54. The number of amides is 2. The number of fused-ring (bicyclic) bond motifs is 1. The number of carbonyl (C=O) groups is 1. The first-order valence-corrected chi connectivity index (χ1v) is 3.57. The number of primary amides is 2. The van der Waals surface area contributed by atoms with Crippen LogP contribution in [0.5, 0.6) is 17.2 Å². The Balaban J connectivity index is 0.000000184. The van der Waals surface area contributed by atoms with Gasteiger partial charge in [-0.2, -0.15) is 0 Å². The molecule has 5 heteroatoms. The largest absolute Gasteiger partial charge is 0.508 e. The number of hydrogen-bond acceptors (Lipinski definition) is 3. The number of nitrogens with two attached hydrogens (primary N) is 2. The van der Waals surface area contributed by atoms with Gasteiger partial charge in [0, 0.05) is 5.56 Å². The minimum absolute atomic E-state index is 0.311. The molecule has 1 heterocycles. The van der Waals surface area contributed by atoms with Crippen molar-refractivity contribution in [2.45, 2.75) is 6.92 Å². The molecule has 0 unspecified atom stereocenters. The number of hydrogen-bond donors (Lipinski definition) is 3. The van der Waals surface area contributed by atoms with Crippen molar-refractivity contribution in [2.75, 3.05) is 0 Å². The zero-order valence-electron chi connectivity index (χ0n) is 7.07. The molecule has 70 valence electrons. The van der Waals surface area contributed by atoms with Crippen molar-refractivity contribution in [1.82, 2.24) is 0 Å². The SMILES string of the molecule is Cc1c(O)ccc2c1O2.NC(N)=O. The monoisotopic (exact) mass is 182 g/mol. The quantitative estimate of drug-likeness (QED) is 0.526. The summed E-state index contributed by atoms with van der Waals surface area (Å²) in [5, 5.41) is 9.05. The summed E-state index contributed by atoms with van der Waals surface area (Å²) < 4.78 is 4.99. The van der Waals surface area contributed by atoms with Gasteiger partial charge in [-0.05, 0) is 19.1 Å². The maximum atomic E-state index is 9.05. The Morgan fingerprint density at radius 2 is 2.00 bits per heavy atom. The van der Waals surface area contributed by atoms with Crippen LogP contribution in [0.25, 0.3) is 0 Å². The number of ether oxygens (including phenoxy) is 1. The number of benzene rings is 1. The van der Waals surface area contributed by atoms with Crippen molar-refractivity contribution in [3.8, 4) is 17.2 Å². The Hall–Kier alpha value is -1.91. The molecule has 1 aromatic rings. The summed E-state index contributed by atoms with van der Waals surface area (Å²) in [6.45, 7) is 1.83. The van der Waals surface area contributed by atoms with E-state index >= 15 is 0 Å². The van der Waals surface area contributed by atoms with E-state index in [2.05, 4.69) is 11.5 Å². The predicted molar refractivity (Wildman–Crippen MR) is 46.7 cm³/mol. The van der Waals surface area contributed by atoms with Crippen LogP contribution in [0.2, 0.25) is 0 Å². The van der Waals surface area contributed by atoms with Gasteiger partial charge in [-0.15, -0.1) is 0 Å². The van der Waals surface area contributed by atoms with Crippen LogP contribution < -0.4 is 16.2 Å².